The molecule has 1 aromatic heterocycles. The first-order chi connectivity index (χ1) is 13.7. The minimum Gasteiger partial charge on any atom is -0.355 e. The lowest BCUT2D eigenvalue weighted by atomic mass is 10.1. The summed E-state index contributed by atoms with van der Waals surface area (Å²) < 4.78 is 2.00. The Morgan fingerprint density at radius 3 is 2.54 bits per heavy atom. The second-order valence-electron chi connectivity index (χ2n) is 7.60. The number of hydrogen-bond acceptors (Lipinski definition) is 5. The summed E-state index contributed by atoms with van der Waals surface area (Å²) in [7, 11) is 1.99. The Bertz CT molecular complexity index is 792. The van der Waals surface area contributed by atoms with Gasteiger partial charge >= 0.3 is 0 Å². The normalized spacial score (nSPS) is 24.4. The third-order valence-corrected chi connectivity index (χ3v) is 5.76. The zero-order chi connectivity index (χ0) is 19.3. The maximum absolute atomic E-state index is 4.80. The Hall–Kier alpha value is -2.45. The number of nitrogens with one attached hydrogen (secondary N) is 2. The summed E-state index contributed by atoms with van der Waals surface area (Å²) in [6.07, 6.45) is 0. The molecule has 0 amide bonds. The van der Waals surface area contributed by atoms with Crippen molar-refractivity contribution >= 4 is 5.96 Å². The molecule has 2 aromatic rings. The number of guanidine groups is 1. The Morgan fingerprint density at radius 1 is 1.11 bits per heavy atom. The molecule has 28 heavy (non-hydrogen) atoms. The molecule has 3 fully saturated rings. The first-order valence-electron chi connectivity index (χ1n) is 10.1. The molecule has 5 rings (SSSR count). The maximum Gasteiger partial charge on any atom is 0.192 e. The van der Waals surface area contributed by atoms with Crippen molar-refractivity contribution in [2.24, 2.45) is 12.0 Å². The van der Waals surface area contributed by atoms with Crippen LogP contribution >= 0.6 is 0 Å². The second kappa shape index (κ2) is 8.70. The van der Waals surface area contributed by atoms with Crippen molar-refractivity contribution in [1.29, 1.82) is 0 Å². The monoisotopic (exact) mass is 382 g/mol. The summed E-state index contributed by atoms with van der Waals surface area (Å²) in [5, 5.41) is 15.4. The Kier molecular flexibility index (Phi) is 5.87. The summed E-state index contributed by atoms with van der Waals surface area (Å²) in [4.78, 5) is 9.95. The first kappa shape index (κ1) is 18.9. The fraction of sp³-hybridized carbons (Fsp3) is 0.550. The average molecular weight is 383 g/mol. The van der Waals surface area contributed by atoms with Crippen molar-refractivity contribution in [2.75, 3.05) is 39.3 Å². The van der Waals surface area contributed by atoms with Gasteiger partial charge in [-0.05, 0) is 12.5 Å². The molecular formula is C20H30N8. The van der Waals surface area contributed by atoms with E-state index in [2.05, 4.69) is 42.8 Å². The smallest absolute Gasteiger partial charge is 0.192 e. The van der Waals surface area contributed by atoms with Gasteiger partial charge in [-0.2, -0.15) is 0 Å². The summed E-state index contributed by atoms with van der Waals surface area (Å²) in [5.41, 5.74) is 1.20. The van der Waals surface area contributed by atoms with Gasteiger partial charge in [0.15, 0.2) is 11.8 Å². The van der Waals surface area contributed by atoms with Gasteiger partial charge in [-0.25, -0.2) is 4.99 Å². The number of rotatable bonds is 6. The zero-order valence-corrected chi connectivity index (χ0v) is 16.8. The molecular weight excluding hydrogens is 352 g/mol. The van der Waals surface area contributed by atoms with E-state index >= 15 is 0 Å². The molecule has 3 aliphatic rings. The Labute approximate surface area is 166 Å². The van der Waals surface area contributed by atoms with Crippen LogP contribution in [0.5, 0.6) is 0 Å². The van der Waals surface area contributed by atoms with Gasteiger partial charge in [-0.1, -0.05) is 30.3 Å². The van der Waals surface area contributed by atoms with E-state index in [0.717, 1.165) is 30.7 Å². The number of nitrogens with zero attached hydrogens (tertiary/aromatic N) is 6. The molecule has 4 heterocycles. The van der Waals surface area contributed by atoms with Gasteiger partial charge in [0.1, 0.15) is 5.82 Å². The van der Waals surface area contributed by atoms with Crippen molar-refractivity contribution in [3.05, 3.63) is 47.5 Å². The highest BCUT2D eigenvalue weighted by Gasteiger charge is 2.31. The van der Waals surface area contributed by atoms with Crippen LogP contribution in [-0.4, -0.2) is 75.8 Å². The average Bonchev–Trinajstić information content (AvgIpc) is 3.07. The number of aliphatic imine (C=N–C) groups is 1. The molecule has 8 heteroatoms. The van der Waals surface area contributed by atoms with Gasteiger partial charge in [0, 0.05) is 52.4 Å². The topological polar surface area (TPSA) is 73.6 Å². The number of aromatic nitrogens is 3. The van der Waals surface area contributed by atoms with Crippen molar-refractivity contribution in [2.45, 2.75) is 26.1 Å². The molecule has 1 aromatic carbocycles. The van der Waals surface area contributed by atoms with Gasteiger partial charge in [0.25, 0.3) is 0 Å². The molecule has 150 valence electrons. The van der Waals surface area contributed by atoms with Gasteiger partial charge in [0.05, 0.1) is 13.1 Å². The Morgan fingerprint density at radius 2 is 1.89 bits per heavy atom. The SMILES string of the molecule is Cc1nnc(CNC(=NCc2ccccc2)NCC2CN3CCN2CC3)n1C. The van der Waals surface area contributed by atoms with Crippen LogP contribution in [0.1, 0.15) is 17.2 Å². The summed E-state index contributed by atoms with van der Waals surface area (Å²) in [6.45, 7) is 10.00. The van der Waals surface area contributed by atoms with Gasteiger partial charge in [-0.15, -0.1) is 10.2 Å². The number of fused-ring (bicyclic) bond motifs is 3. The maximum atomic E-state index is 4.80. The molecule has 3 aliphatic heterocycles. The van der Waals surface area contributed by atoms with Crippen LogP contribution in [0.25, 0.3) is 0 Å². The van der Waals surface area contributed by atoms with Crippen molar-refractivity contribution in [1.82, 2.24) is 35.2 Å². The highest BCUT2D eigenvalue weighted by atomic mass is 15.4. The fourth-order valence-corrected chi connectivity index (χ4v) is 3.83. The number of benzene rings is 1. The van der Waals surface area contributed by atoms with Crippen molar-refractivity contribution in [3.63, 3.8) is 0 Å². The second-order valence-corrected chi connectivity index (χ2v) is 7.60. The highest BCUT2D eigenvalue weighted by molar-refractivity contribution is 5.79. The molecule has 1 atom stereocenters. The third kappa shape index (κ3) is 4.51. The van der Waals surface area contributed by atoms with E-state index in [0.29, 0.717) is 19.1 Å². The zero-order valence-electron chi connectivity index (χ0n) is 16.8. The number of hydrogen-bond donors (Lipinski definition) is 2. The predicted molar refractivity (Wildman–Crippen MR) is 110 cm³/mol. The predicted octanol–water partition coefficient (Wildman–Crippen LogP) is 0.359. The lowest BCUT2D eigenvalue weighted by molar-refractivity contribution is 0.0154. The molecule has 3 saturated heterocycles. The molecule has 0 spiro atoms. The van der Waals surface area contributed by atoms with Crippen LogP contribution in [0.4, 0.5) is 0 Å². The fourth-order valence-electron chi connectivity index (χ4n) is 3.83. The van der Waals surface area contributed by atoms with Crippen molar-refractivity contribution < 1.29 is 0 Å². The highest BCUT2D eigenvalue weighted by Crippen LogP contribution is 2.14. The van der Waals surface area contributed by atoms with Crippen LogP contribution in [0.3, 0.4) is 0 Å². The first-order valence-corrected chi connectivity index (χ1v) is 10.1. The van der Waals surface area contributed by atoms with Gasteiger partial charge in [0.2, 0.25) is 0 Å². The van der Waals surface area contributed by atoms with Gasteiger partial charge < -0.3 is 15.2 Å². The van der Waals surface area contributed by atoms with E-state index in [1.54, 1.807) is 0 Å². The van der Waals surface area contributed by atoms with E-state index in [-0.39, 0.29) is 0 Å². The molecule has 2 bridgehead atoms. The van der Waals surface area contributed by atoms with E-state index in [1.165, 1.54) is 31.7 Å². The van der Waals surface area contributed by atoms with Crippen LogP contribution in [0.2, 0.25) is 0 Å². The standard InChI is InChI=1S/C20H30N8/c1-16-24-25-19(26(16)2)14-23-20(21-12-17-6-4-3-5-7-17)22-13-18-15-27-8-10-28(18)11-9-27/h3-7,18H,8-15H2,1-2H3,(H2,21,22,23). The largest absolute Gasteiger partial charge is 0.355 e. The minimum absolute atomic E-state index is 0.545. The van der Waals surface area contributed by atoms with Crippen molar-refractivity contribution in [3.8, 4) is 0 Å². The number of piperazine rings is 3. The number of aryl methyl sites for hydroxylation is 1. The van der Waals surface area contributed by atoms with E-state index in [9.17, 15) is 0 Å². The third-order valence-electron chi connectivity index (χ3n) is 5.76. The van der Waals surface area contributed by atoms with Crippen LogP contribution in [0.15, 0.2) is 35.3 Å². The summed E-state index contributed by atoms with van der Waals surface area (Å²) in [6, 6.07) is 10.9. The van der Waals surface area contributed by atoms with Crippen LogP contribution in [-0.2, 0) is 20.1 Å². The van der Waals surface area contributed by atoms with Crippen LogP contribution in [0, 0.1) is 6.92 Å². The molecule has 8 nitrogen and oxygen atoms in total. The minimum atomic E-state index is 0.545. The van der Waals surface area contributed by atoms with Gasteiger partial charge in [-0.3, -0.25) is 9.80 Å². The van der Waals surface area contributed by atoms with E-state index in [4.69, 9.17) is 4.99 Å². The summed E-state index contributed by atoms with van der Waals surface area (Å²) >= 11 is 0. The molecule has 0 saturated carbocycles. The quantitative estimate of drug-likeness (QED) is 0.555. The Balaban J connectivity index is 1.39. The summed E-state index contributed by atoms with van der Waals surface area (Å²) in [5.74, 6) is 2.63. The lowest BCUT2D eigenvalue weighted by Gasteiger charge is -2.47. The molecule has 0 aliphatic carbocycles. The molecule has 0 radical (unpaired) electrons. The van der Waals surface area contributed by atoms with E-state index < -0.39 is 0 Å². The van der Waals surface area contributed by atoms with Crippen LogP contribution < -0.4 is 10.6 Å². The molecule has 2 N–H and O–H groups in total. The molecule has 1 unspecified atom stereocenters. The van der Waals surface area contributed by atoms with E-state index in [1.807, 2.05) is 36.7 Å². The lowest BCUT2D eigenvalue weighted by Crippen LogP contribution is -2.63.